The molecule has 0 saturated carbocycles. The number of anilines is 1. The van der Waals surface area contributed by atoms with Crippen LogP contribution in [-0.2, 0) is 14.8 Å². The highest BCUT2D eigenvalue weighted by Crippen LogP contribution is 2.17. The fraction of sp³-hybridized carbons (Fsp3) is 0.278. The lowest BCUT2D eigenvalue weighted by atomic mass is 10.3. The molecule has 27 heavy (non-hydrogen) atoms. The van der Waals surface area contributed by atoms with Crippen molar-refractivity contribution in [3.05, 3.63) is 54.1 Å². The molecule has 0 aromatic heterocycles. The van der Waals surface area contributed by atoms with Gasteiger partial charge in [0.25, 0.3) is 5.91 Å². The van der Waals surface area contributed by atoms with Crippen LogP contribution in [0.25, 0.3) is 0 Å². The van der Waals surface area contributed by atoms with Crippen molar-refractivity contribution < 1.29 is 26.7 Å². The van der Waals surface area contributed by atoms with E-state index in [1.54, 1.807) is 6.92 Å². The lowest BCUT2D eigenvalue weighted by Gasteiger charge is -2.12. The molecular weight excluding hydrogens is 378 g/mol. The SMILES string of the molecule is CC[C@@H](C)NS(=O)(=O)c1ccc(OCC(=O)Nc2ccc(F)cc2F)cc1. The van der Waals surface area contributed by atoms with Gasteiger partial charge in [-0.2, -0.15) is 0 Å². The first-order valence-corrected chi connectivity index (χ1v) is 9.69. The predicted octanol–water partition coefficient (Wildman–Crippen LogP) is 3.06. The topological polar surface area (TPSA) is 84.5 Å². The Morgan fingerprint density at radius 1 is 1.15 bits per heavy atom. The first-order valence-electron chi connectivity index (χ1n) is 8.21. The van der Waals surface area contributed by atoms with Crippen molar-refractivity contribution >= 4 is 21.6 Å². The molecule has 0 aliphatic heterocycles. The Labute approximate surface area is 156 Å². The highest BCUT2D eigenvalue weighted by atomic mass is 32.2. The molecular formula is C18H20F2N2O4S. The zero-order valence-corrected chi connectivity index (χ0v) is 15.6. The van der Waals surface area contributed by atoms with Crippen LogP contribution in [0.1, 0.15) is 20.3 Å². The predicted molar refractivity (Wildman–Crippen MR) is 97.0 cm³/mol. The minimum absolute atomic E-state index is 0.0768. The monoisotopic (exact) mass is 398 g/mol. The number of rotatable bonds is 8. The second-order valence-corrected chi connectivity index (χ2v) is 7.58. The van der Waals surface area contributed by atoms with Gasteiger partial charge in [-0.3, -0.25) is 4.79 Å². The summed E-state index contributed by atoms with van der Waals surface area (Å²) in [7, 11) is -3.63. The number of nitrogens with one attached hydrogen (secondary N) is 2. The molecule has 9 heteroatoms. The van der Waals surface area contributed by atoms with Gasteiger partial charge >= 0.3 is 0 Å². The number of hydrogen-bond acceptors (Lipinski definition) is 4. The van der Waals surface area contributed by atoms with E-state index in [1.165, 1.54) is 24.3 Å². The lowest BCUT2D eigenvalue weighted by molar-refractivity contribution is -0.118. The van der Waals surface area contributed by atoms with E-state index in [0.717, 1.165) is 12.1 Å². The Morgan fingerprint density at radius 2 is 1.81 bits per heavy atom. The van der Waals surface area contributed by atoms with Gasteiger partial charge in [-0.25, -0.2) is 21.9 Å². The molecule has 0 heterocycles. The standard InChI is InChI=1S/C18H20F2N2O4S/c1-3-12(2)22-27(24,25)15-7-5-14(6-8-15)26-11-18(23)21-17-9-4-13(19)10-16(17)20/h4-10,12,22H,3,11H2,1-2H3,(H,21,23)/t12-/m1/s1. The summed E-state index contributed by atoms with van der Waals surface area (Å²) in [6, 6.07) is 8.13. The molecule has 0 bridgehead atoms. The van der Waals surface area contributed by atoms with E-state index in [1.807, 2.05) is 6.92 Å². The summed E-state index contributed by atoms with van der Waals surface area (Å²) >= 11 is 0. The summed E-state index contributed by atoms with van der Waals surface area (Å²) in [4.78, 5) is 11.9. The maximum atomic E-state index is 13.5. The van der Waals surface area contributed by atoms with Crippen LogP contribution < -0.4 is 14.8 Å². The van der Waals surface area contributed by atoms with Gasteiger partial charge < -0.3 is 10.1 Å². The molecule has 2 aromatic carbocycles. The van der Waals surface area contributed by atoms with E-state index in [0.29, 0.717) is 12.5 Å². The van der Waals surface area contributed by atoms with Crippen LogP contribution in [0.4, 0.5) is 14.5 Å². The van der Waals surface area contributed by atoms with Gasteiger partial charge in [0.2, 0.25) is 10.0 Å². The summed E-state index contributed by atoms with van der Waals surface area (Å²) in [5.41, 5.74) is -0.164. The van der Waals surface area contributed by atoms with Gasteiger partial charge in [0.15, 0.2) is 6.61 Å². The van der Waals surface area contributed by atoms with Crippen LogP contribution in [0, 0.1) is 11.6 Å². The molecule has 0 aliphatic rings. The molecule has 6 nitrogen and oxygen atoms in total. The number of benzene rings is 2. The number of carbonyl (C=O) groups excluding carboxylic acids is 1. The number of ether oxygens (including phenoxy) is 1. The van der Waals surface area contributed by atoms with Crippen LogP contribution in [0.3, 0.4) is 0 Å². The number of amides is 1. The third-order valence-electron chi connectivity index (χ3n) is 3.68. The van der Waals surface area contributed by atoms with E-state index in [4.69, 9.17) is 4.74 Å². The number of carbonyl (C=O) groups is 1. The molecule has 146 valence electrons. The Bertz CT molecular complexity index is 902. The molecule has 2 aromatic rings. The minimum atomic E-state index is -3.63. The molecule has 2 N–H and O–H groups in total. The van der Waals surface area contributed by atoms with E-state index in [2.05, 4.69) is 10.0 Å². The van der Waals surface area contributed by atoms with E-state index >= 15 is 0 Å². The molecule has 0 fully saturated rings. The normalized spacial score (nSPS) is 12.4. The Hall–Kier alpha value is -2.52. The molecule has 0 radical (unpaired) electrons. The van der Waals surface area contributed by atoms with Gasteiger partial charge in [-0.1, -0.05) is 6.92 Å². The van der Waals surface area contributed by atoms with Crippen LogP contribution in [0.5, 0.6) is 5.75 Å². The fourth-order valence-electron chi connectivity index (χ4n) is 2.06. The summed E-state index contributed by atoms with van der Waals surface area (Å²) in [5.74, 6) is -2.02. The van der Waals surface area contributed by atoms with Gasteiger partial charge in [0.1, 0.15) is 17.4 Å². The molecule has 0 unspecified atom stereocenters. The number of sulfonamides is 1. The van der Waals surface area contributed by atoms with Crippen molar-refractivity contribution in [3.63, 3.8) is 0 Å². The summed E-state index contributed by atoms with van der Waals surface area (Å²) < 4.78 is 58.4. The van der Waals surface area contributed by atoms with Crippen LogP contribution in [0.2, 0.25) is 0 Å². The summed E-state index contributed by atoms with van der Waals surface area (Å²) in [5, 5.41) is 2.26. The zero-order chi connectivity index (χ0) is 20.0. The van der Waals surface area contributed by atoms with Gasteiger partial charge in [-0.15, -0.1) is 0 Å². The number of halogens is 2. The van der Waals surface area contributed by atoms with Gasteiger partial charge in [0, 0.05) is 12.1 Å². The lowest BCUT2D eigenvalue weighted by Crippen LogP contribution is -2.31. The average Bonchev–Trinajstić information content (AvgIpc) is 2.62. The molecule has 0 spiro atoms. The average molecular weight is 398 g/mol. The van der Waals surface area contributed by atoms with Crippen LogP contribution in [-0.4, -0.2) is 27.0 Å². The first-order chi connectivity index (χ1) is 12.7. The highest BCUT2D eigenvalue weighted by molar-refractivity contribution is 7.89. The fourth-order valence-corrected chi connectivity index (χ4v) is 3.38. The second kappa shape index (κ2) is 8.92. The zero-order valence-electron chi connectivity index (χ0n) is 14.8. The molecule has 0 aliphatic carbocycles. The third kappa shape index (κ3) is 6.00. The Kier molecular flexibility index (Phi) is 6.86. The maximum Gasteiger partial charge on any atom is 0.262 e. The maximum absolute atomic E-state index is 13.5. The molecule has 1 atom stereocenters. The molecule has 0 saturated heterocycles. The van der Waals surface area contributed by atoms with Crippen molar-refractivity contribution in [1.82, 2.24) is 4.72 Å². The van der Waals surface area contributed by atoms with Crippen molar-refractivity contribution in [2.75, 3.05) is 11.9 Å². The van der Waals surface area contributed by atoms with E-state index in [9.17, 15) is 22.0 Å². The highest BCUT2D eigenvalue weighted by Gasteiger charge is 2.16. The smallest absolute Gasteiger partial charge is 0.262 e. The second-order valence-electron chi connectivity index (χ2n) is 5.86. The quantitative estimate of drug-likeness (QED) is 0.716. The number of hydrogen-bond donors (Lipinski definition) is 2. The summed E-state index contributed by atoms with van der Waals surface area (Å²) in [6.45, 7) is 3.21. The largest absolute Gasteiger partial charge is 0.484 e. The van der Waals surface area contributed by atoms with Crippen LogP contribution >= 0.6 is 0 Å². The van der Waals surface area contributed by atoms with Crippen molar-refractivity contribution in [3.8, 4) is 5.75 Å². The van der Waals surface area contributed by atoms with Crippen molar-refractivity contribution in [1.29, 1.82) is 0 Å². The minimum Gasteiger partial charge on any atom is -0.484 e. The molecule has 2 rings (SSSR count). The van der Waals surface area contributed by atoms with E-state index in [-0.39, 0.29) is 22.4 Å². The van der Waals surface area contributed by atoms with E-state index < -0.39 is 34.2 Å². The third-order valence-corrected chi connectivity index (χ3v) is 5.28. The van der Waals surface area contributed by atoms with Gasteiger partial charge in [-0.05, 0) is 49.7 Å². The first kappa shape index (κ1) is 20.8. The van der Waals surface area contributed by atoms with Gasteiger partial charge in [0.05, 0.1) is 10.6 Å². The Balaban J connectivity index is 1.93. The van der Waals surface area contributed by atoms with Crippen molar-refractivity contribution in [2.24, 2.45) is 0 Å². The Morgan fingerprint density at radius 3 is 2.41 bits per heavy atom. The summed E-state index contributed by atoms with van der Waals surface area (Å²) in [6.07, 6.45) is 0.657. The molecule has 1 amide bonds. The van der Waals surface area contributed by atoms with Crippen molar-refractivity contribution in [2.45, 2.75) is 31.2 Å². The van der Waals surface area contributed by atoms with Crippen LogP contribution in [0.15, 0.2) is 47.4 Å².